The molecule has 9 heteroatoms. The van der Waals surface area contributed by atoms with E-state index in [9.17, 15) is 14.4 Å². The summed E-state index contributed by atoms with van der Waals surface area (Å²) in [7, 11) is 0. The fourth-order valence-electron chi connectivity index (χ4n) is 4.64. The summed E-state index contributed by atoms with van der Waals surface area (Å²) in [5, 5.41) is 5.75. The molecule has 2 fully saturated rings. The molecular weight excluding hydrogens is 410 g/mol. The van der Waals surface area contributed by atoms with Gasteiger partial charge in [-0.2, -0.15) is 0 Å². The van der Waals surface area contributed by atoms with Crippen molar-refractivity contribution in [3.63, 3.8) is 0 Å². The second-order valence-electron chi connectivity index (χ2n) is 8.45. The molecule has 172 valence electrons. The predicted molar refractivity (Wildman–Crippen MR) is 120 cm³/mol. The van der Waals surface area contributed by atoms with E-state index in [0.717, 1.165) is 36.7 Å². The molecule has 1 spiro atoms. The number of carbonyl (C=O) groups is 3. The first-order valence-electron chi connectivity index (χ1n) is 11.5. The number of aromatic nitrogens is 2. The highest BCUT2D eigenvalue weighted by Crippen LogP contribution is 2.33. The molecule has 32 heavy (non-hydrogen) atoms. The number of benzene rings is 1. The van der Waals surface area contributed by atoms with Crippen LogP contribution in [-0.4, -0.2) is 57.6 Å². The lowest BCUT2D eigenvalue weighted by Gasteiger charge is -2.30. The normalized spacial score (nSPS) is 17.8. The van der Waals surface area contributed by atoms with Crippen molar-refractivity contribution >= 4 is 34.8 Å². The topological polar surface area (TPSA) is 106 Å². The molecule has 1 aromatic carbocycles. The Bertz CT molecular complexity index is 995. The van der Waals surface area contributed by atoms with Gasteiger partial charge in [0.1, 0.15) is 5.54 Å². The van der Waals surface area contributed by atoms with Crippen LogP contribution < -0.4 is 10.6 Å². The molecule has 0 atom stereocenters. The number of imidazole rings is 1. The van der Waals surface area contributed by atoms with Crippen molar-refractivity contribution in [2.24, 2.45) is 0 Å². The SMILES string of the molecule is CCOCCCn1c(NC(=O)CCN2C(=O)NC3(CCCCC3)C2=O)nc2ccccc21. The van der Waals surface area contributed by atoms with E-state index in [1.165, 1.54) is 4.90 Å². The summed E-state index contributed by atoms with van der Waals surface area (Å²) in [6.45, 7) is 3.97. The summed E-state index contributed by atoms with van der Waals surface area (Å²) in [5.74, 6) is -0.0108. The average Bonchev–Trinajstić information content (AvgIpc) is 3.24. The van der Waals surface area contributed by atoms with Gasteiger partial charge in [-0.15, -0.1) is 0 Å². The lowest BCUT2D eigenvalue weighted by Crippen LogP contribution is -2.48. The van der Waals surface area contributed by atoms with Gasteiger partial charge in [0, 0.05) is 32.7 Å². The molecule has 2 heterocycles. The standard InChI is InChI=1S/C23H31N5O4/c1-2-32-16-8-14-27-18-10-5-4-9-17(18)24-21(27)25-19(29)11-15-28-20(30)23(26-22(28)31)12-6-3-7-13-23/h4-5,9-10H,2-3,6-8,11-16H2,1H3,(H,26,31)(H,24,25,29). The van der Waals surface area contributed by atoms with Gasteiger partial charge in [0.05, 0.1) is 11.0 Å². The summed E-state index contributed by atoms with van der Waals surface area (Å²) in [6.07, 6.45) is 5.11. The smallest absolute Gasteiger partial charge is 0.325 e. The molecule has 2 aromatic rings. The predicted octanol–water partition coefficient (Wildman–Crippen LogP) is 3.05. The monoisotopic (exact) mass is 441 g/mol. The van der Waals surface area contributed by atoms with Crippen molar-refractivity contribution in [3.05, 3.63) is 24.3 Å². The zero-order valence-corrected chi connectivity index (χ0v) is 18.6. The summed E-state index contributed by atoms with van der Waals surface area (Å²) in [5.41, 5.74) is 0.973. The first-order chi connectivity index (χ1) is 15.5. The van der Waals surface area contributed by atoms with E-state index >= 15 is 0 Å². The van der Waals surface area contributed by atoms with Crippen LogP contribution in [0, 0.1) is 0 Å². The van der Waals surface area contributed by atoms with E-state index in [1.54, 1.807) is 0 Å². The number of imide groups is 1. The number of carbonyl (C=O) groups excluding carboxylic acids is 3. The lowest BCUT2D eigenvalue weighted by atomic mass is 9.82. The van der Waals surface area contributed by atoms with E-state index in [1.807, 2.05) is 35.8 Å². The molecule has 0 bridgehead atoms. The van der Waals surface area contributed by atoms with Gasteiger partial charge in [0.2, 0.25) is 11.9 Å². The molecule has 0 unspecified atom stereocenters. The van der Waals surface area contributed by atoms with E-state index in [4.69, 9.17) is 4.74 Å². The van der Waals surface area contributed by atoms with Gasteiger partial charge >= 0.3 is 6.03 Å². The molecular formula is C23H31N5O4. The minimum Gasteiger partial charge on any atom is -0.382 e. The van der Waals surface area contributed by atoms with E-state index in [-0.39, 0.29) is 24.8 Å². The van der Waals surface area contributed by atoms with Crippen LogP contribution in [0.4, 0.5) is 10.7 Å². The molecule has 1 saturated carbocycles. The number of hydrogen-bond donors (Lipinski definition) is 2. The zero-order chi connectivity index (χ0) is 22.6. The van der Waals surface area contributed by atoms with Crippen molar-refractivity contribution in [1.82, 2.24) is 19.8 Å². The Labute approximate surface area is 187 Å². The van der Waals surface area contributed by atoms with Crippen LogP contribution in [0.3, 0.4) is 0 Å². The van der Waals surface area contributed by atoms with Crippen LogP contribution in [0.5, 0.6) is 0 Å². The van der Waals surface area contributed by atoms with Crippen LogP contribution in [-0.2, 0) is 20.9 Å². The number of aryl methyl sites for hydroxylation is 1. The quantitative estimate of drug-likeness (QED) is 0.460. The fraction of sp³-hybridized carbons (Fsp3) is 0.565. The Morgan fingerprint density at radius 2 is 1.97 bits per heavy atom. The van der Waals surface area contributed by atoms with Crippen molar-refractivity contribution in [1.29, 1.82) is 0 Å². The lowest BCUT2D eigenvalue weighted by molar-refractivity contribution is -0.132. The van der Waals surface area contributed by atoms with Gasteiger partial charge in [-0.05, 0) is 38.3 Å². The number of rotatable bonds is 9. The highest BCUT2D eigenvalue weighted by molar-refractivity contribution is 6.07. The molecule has 2 N–H and O–H groups in total. The Morgan fingerprint density at radius 3 is 2.75 bits per heavy atom. The van der Waals surface area contributed by atoms with E-state index in [2.05, 4.69) is 15.6 Å². The van der Waals surface area contributed by atoms with Gasteiger partial charge in [-0.3, -0.25) is 19.8 Å². The van der Waals surface area contributed by atoms with Gasteiger partial charge in [0.25, 0.3) is 5.91 Å². The van der Waals surface area contributed by atoms with Crippen molar-refractivity contribution in [2.75, 3.05) is 25.1 Å². The number of fused-ring (bicyclic) bond motifs is 1. The molecule has 1 aliphatic heterocycles. The molecule has 1 saturated heterocycles. The van der Waals surface area contributed by atoms with E-state index < -0.39 is 11.6 Å². The number of anilines is 1. The third-order valence-corrected chi connectivity index (χ3v) is 6.30. The molecule has 0 radical (unpaired) electrons. The third kappa shape index (κ3) is 4.48. The zero-order valence-electron chi connectivity index (χ0n) is 18.6. The molecule has 4 rings (SSSR count). The molecule has 1 aliphatic carbocycles. The summed E-state index contributed by atoms with van der Waals surface area (Å²) in [6, 6.07) is 7.32. The maximum absolute atomic E-state index is 12.9. The first kappa shape index (κ1) is 22.3. The van der Waals surface area contributed by atoms with Crippen LogP contribution in [0.2, 0.25) is 0 Å². The highest BCUT2D eigenvalue weighted by Gasteiger charge is 2.51. The number of nitrogens with one attached hydrogen (secondary N) is 2. The minimum absolute atomic E-state index is 0.0252. The van der Waals surface area contributed by atoms with E-state index in [0.29, 0.717) is 38.5 Å². The highest BCUT2D eigenvalue weighted by atomic mass is 16.5. The second-order valence-corrected chi connectivity index (χ2v) is 8.45. The summed E-state index contributed by atoms with van der Waals surface area (Å²) >= 11 is 0. The number of hydrogen-bond acceptors (Lipinski definition) is 5. The first-order valence-corrected chi connectivity index (χ1v) is 11.5. The fourth-order valence-corrected chi connectivity index (χ4v) is 4.64. The summed E-state index contributed by atoms with van der Waals surface area (Å²) < 4.78 is 7.40. The number of para-hydroxylation sites is 2. The maximum Gasteiger partial charge on any atom is 0.325 e. The summed E-state index contributed by atoms with van der Waals surface area (Å²) in [4.78, 5) is 43.7. The van der Waals surface area contributed by atoms with Gasteiger partial charge in [0.15, 0.2) is 0 Å². The van der Waals surface area contributed by atoms with Gasteiger partial charge < -0.3 is 14.6 Å². The Hall–Kier alpha value is -2.94. The Kier molecular flexibility index (Phi) is 6.74. The molecule has 2 aliphatic rings. The van der Waals surface area contributed by atoms with Gasteiger partial charge in [-0.25, -0.2) is 9.78 Å². The Balaban J connectivity index is 1.40. The number of nitrogens with zero attached hydrogens (tertiary/aromatic N) is 3. The Morgan fingerprint density at radius 1 is 1.19 bits per heavy atom. The van der Waals surface area contributed by atoms with Gasteiger partial charge in [-0.1, -0.05) is 31.4 Å². The van der Waals surface area contributed by atoms with Crippen LogP contribution in [0.1, 0.15) is 51.9 Å². The molecule has 1 aromatic heterocycles. The number of urea groups is 1. The van der Waals surface area contributed by atoms with Crippen molar-refractivity contribution < 1.29 is 19.1 Å². The maximum atomic E-state index is 12.9. The largest absolute Gasteiger partial charge is 0.382 e. The minimum atomic E-state index is -0.764. The van der Waals surface area contributed by atoms with Crippen LogP contribution in [0.15, 0.2) is 24.3 Å². The average molecular weight is 442 g/mol. The molecule has 9 nitrogen and oxygen atoms in total. The third-order valence-electron chi connectivity index (χ3n) is 6.30. The number of ether oxygens (including phenoxy) is 1. The van der Waals surface area contributed by atoms with Crippen molar-refractivity contribution in [3.8, 4) is 0 Å². The van der Waals surface area contributed by atoms with Crippen LogP contribution in [0.25, 0.3) is 11.0 Å². The van der Waals surface area contributed by atoms with Crippen LogP contribution >= 0.6 is 0 Å². The van der Waals surface area contributed by atoms with Crippen molar-refractivity contribution in [2.45, 2.75) is 64.0 Å². The second kappa shape index (κ2) is 9.68. The number of amides is 4. The molecule has 4 amide bonds.